The number of nitrogens with one attached hydrogen (secondary N) is 1. The molecule has 0 spiro atoms. The summed E-state index contributed by atoms with van der Waals surface area (Å²) >= 11 is 3.44. The lowest BCUT2D eigenvalue weighted by atomic mass is 10.3. The summed E-state index contributed by atoms with van der Waals surface area (Å²) in [5.41, 5.74) is 2.19. The first-order chi connectivity index (χ1) is 8.20. The van der Waals surface area contributed by atoms with Gasteiger partial charge in [0, 0.05) is 23.4 Å². The van der Waals surface area contributed by atoms with Crippen LogP contribution in [0.2, 0.25) is 0 Å². The van der Waals surface area contributed by atoms with E-state index in [0.717, 1.165) is 34.6 Å². The smallest absolute Gasteiger partial charge is 0.138 e. The molecule has 17 heavy (non-hydrogen) atoms. The molecule has 0 aromatic carbocycles. The lowest BCUT2D eigenvalue weighted by Gasteiger charge is -2.03. The number of imidazole rings is 1. The zero-order valence-electron chi connectivity index (χ0n) is 9.94. The van der Waals surface area contributed by atoms with Crippen molar-refractivity contribution in [1.82, 2.24) is 19.9 Å². The Morgan fingerprint density at radius 3 is 2.94 bits per heavy atom. The number of nitrogens with zero attached hydrogens (tertiary/aromatic N) is 3. The largest absolute Gasteiger partial charge is 0.311 e. The summed E-state index contributed by atoms with van der Waals surface area (Å²) in [6.45, 7) is 5.86. The van der Waals surface area contributed by atoms with E-state index in [1.807, 2.05) is 30.0 Å². The summed E-state index contributed by atoms with van der Waals surface area (Å²) in [6, 6.07) is 2.03. The Balaban J connectivity index is 2.21. The highest BCUT2D eigenvalue weighted by Crippen LogP contribution is 2.17. The predicted octanol–water partition coefficient (Wildman–Crippen LogP) is 2.45. The topological polar surface area (TPSA) is 42.7 Å². The molecule has 2 aromatic heterocycles. The van der Waals surface area contributed by atoms with Crippen LogP contribution >= 0.6 is 15.9 Å². The summed E-state index contributed by atoms with van der Waals surface area (Å²) in [5.74, 6) is 0.890. The zero-order chi connectivity index (χ0) is 12.3. The lowest BCUT2D eigenvalue weighted by Crippen LogP contribution is -2.11. The number of aryl methyl sites for hydroxylation is 1. The van der Waals surface area contributed by atoms with E-state index in [4.69, 9.17) is 0 Å². The summed E-state index contributed by atoms with van der Waals surface area (Å²) < 4.78 is 2.96. The zero-order valence-corrected chi connectivity index (χ0v) is 11.5. The van der Waals surface area contributed by atoms with Crippen molar-refractivity contribution in [2.24, 2.45) is 0 Å². The van der Waals surface area contributed by atoms with Crippen LogP contribution in [0.5, 0.6) is 0 Å². The highest BCUT2D eigenvalue weighted by Gasteiger charge is 2.03. The number of hydrogen-bond donors (Lipinski definition) is 1. The van der Waals surface area contributed by atoms with Crippen LogP contribution in [0.25, 0.3) is 5.82 Å². The molecule has 0 fully saturated rings. The van der Waals surface area contributed by atoms with E-state index in [2.05, 4.69) is 38.1 Å². The fraction of sp³-hybridized carbons (Fsp3) is 0.333. The average Bonchev–Trinajstić information content (AvgIpc) is 2.79. The highest BCUT2D eigenvalue weighted by molar-refractivity contribution is 9.10. The van der Waals surface area contributed by atoms with Gasteiger partial charge in [-0.3, -0.25) is 4.57 Å². The first kappa shape index (κ1) is 12.3. The first-order valence-corrected chi connectivity index (χ1v) is 6.36. The molecule has 2 aromatic rings. The number of halogens is 1. The summed E-state index contributed by atoms with van der Waals surface area (Å²) in [4.78, 5) is 8.69. The minimum Gasteiger partial charge on any atom is -0.311 e. The summed E-state index contributed by atoms with van der Waals surface area (Å²) in [6.07, 6.45) is 5.61. The molecule has 0 saturated carbocycles. The van der Waals surface area contributed by atoms with Crippen molar-refractivity contribution < 1.29 is 0 Å². The molecular formula is C12H15BrN4. The van der Waals surface area contributed by atoms with Crippen molar-refractivity contribution in [3.8, 4) is 5.82 Å². The minimum atomic E-state index is 0.791. The third-order valence-electron chi connectivity index (χ3n) is 2.49. The van der Waals surface area contributed by atoms with Crippen LogP contribution in [0.1, 0.15) is 18.2 Å². The van der Waals surface area contributed by atoms with Gasteiger partial charge in [0.1, 0.15) is 12.1 Å². The maximum absolute atomic E-state index is 4.36. The monoisotopic (exact) mass is 294 g/mol. The van der Waals surface area contributed by atoms with Gasteiger partial charge in [-0.2, -0.15) is 0 Å². The SMILES string of the molecule is CCNCc1cn(-c2cc(C)c(Br)cn2)cn1. The van der Waals surface area contributed by atoms with Gasteiger partial charge < -0.3 is 5.32 Å². The van der Waals surface area contributed by atoms with Crippen LogP contribution in [0.3, 0.4) is 0 Å². The Bertz CT molecular complexity index is 507. The molecule has 2 rings (SSSR count). The Morgan fingerprint density at radius 1 is 1.41 bits per heavy atom. The first-order valence-electron chi connectivity index (χ1n) is 5.57. The van der Waals surface area contributed by atoms with Gasteiger partial charge in [-0.05, 0) is 41.0 Å². The van der Waals surface area contributed by atoms with Gasteiger partial charge in [0.2, 0.25) is 0 Å². The van der Waals surface area contributed by atoms with Crippen LogP contribution in [0.15, 0.2) is 29.3 Å². The number of aromatic nitrogens is 3. The van der Waals surface area contributed by atoms with Crippen LogP contribution in [0, 0.1) is 6.92 Å². The van der Waals surface area contributed by atoms with Gasteiger partial charge in [0.05, 0.1) is 5.69 Å². The molecular weight excluding hydrogens is 280 g/mol. The molecule has 5 heteroatoms. The van der Waals surface area contributed by atoms with Crippen molar-refractivity contribution in [3.63, 3.8) is 0 Å². The van der Waals surface area contributed by atoms with E-state index >= 15 is 0 Å². The fourth-order valence-corrected chi connectivity index (χ4v) is 1.72. The van der Waals surface area contributed by atoms with E-state index in [1.165, 1.54) is 0 Å². The van der Waals surface area contributed by atoms with Crippen LogP contribution in [-0.2, 0) is 6.54 Å². The molecule has 1 N–H and O–H groups in total. The molecule has 0 unspecified atom stereocenters. The normalized spacial score (nSPS) is 10.8. The van der Waals surface area contributed by atoms with Crippen LogP contribution in [0.4, 0.5) is 0 Å². The van der Waals surface area contributed by atoms with E-state index < -0.39 is 0 Å². The summed E-state index contributed by atoms with van der Waals surface area (Å²) in [5, 5.41) is 3.25. The second kappa shape index (κ2) is 5.42. The Labute approximate surface area is 109 Å². The van der Waals surface area contributed by atoms with Gasteiger partial charge >= 0.3 is 0 Å². The second-order valence-electron chi connectivity index (χ2n) is 3.84. The predicted molar refractivity (Wildman–Crippen MR) is 71.2 cm³/mol. The standard InChI is InChI=1S/C12H15BrN4/c1-3-14-5-10-7-17(8-16-10)12-4-9(2)11(13)6-15-12/h4,6-8,14H,3,5H2,1-2H3. The molecule has 0 bridgehead atoms. The third-order valence-corrected chi connectivity index (χ3v) is 3.32. The molecule has 0 aliphatic carbocycles. The molecule has 0 aliphatic heterocycles. The number of hydrogen-bond acceptors (Lipinski definition) is 3. The summed E-state index contributed by atoms with van der Waals surface area (Å²) in [7, 11) is 0. The van der Waals surface area contributed by atoms with Gasteiger partial charge in [-0.15, -0.1) is 0 Å². The molecule has 0 atom stereocenters. The van der Waals surface area contributed by atoms with Crippen LogP contribution < -0.4 is 5.32 Å². The lowest BCUT2D eigenvalue weighted by molar-refractivity contribution is 0.713. The number of pyridine rings is 1. The molecule has 0 aliphatic rings. The van der Waals surface area contributed by atoms with Gasteiger partial charge in [-0.1, -0.05) is 6.92 Å². The Hall–Kier alpha value is -1.20. The maximum atomic E-state index is 4.36. The van der Waals surface area contributed by atoms with E-state index in [9.17, 15) is 0 Å². The molecule has 0 amide bonds. The highest BCUT2D eigenvalue weighted by atomic mass is 79.9. The van der Waals surface area contributed by atoms with Crippen molar-refractivity contribution in [1.29, 1.82) is 0 Å². The third kappa shape index (κ3) is 2.92. The molecule has 2 heterocycles. The van der Waals surface area contributed by atoms with Crippen LogP contribution in [-0.4, -0.2) is 21.1 Å². The van der Waals surface area contributed by atoms with Gasteiger partial charge in [-0.25, -0.2) is 9.97 Å². The number of rotatable bonds is 4. The van der Waals surface area contributed by atoms with Gasteiger partial charge in [0.15, 0.2) is 0 Å². The van der Waals surface area contributed by atoms with Crippen molar-refractivity contribution in [2.45, 2.75) is 20.4 Å². The minimum absolute atomic E-state index is 0.791. The fourth-order valence-electron chi connectivity index (χ4n) is 1.50. The Morgan fingerprint density at radius 2 is 2.24 bits per heavy atom. The quantitative estimate of drug-likeness (QED) is 0.942. The van der Waals surface area contributed by atoms with Gasteiger partial charge in [0.25, 0.3) is 0 Å². The molecule has 0 saturated heterocycles. The second-order valence-corrected chi connectivity index (χ2v) is 4.70. The molecule has 0 radical (unpaired) electrons. The molecule has 4 nitrogen and oxygen atoms in total. The molecule has 90 valence electrons. The Kier molecular flexibility index (Phi) is 3.91. The average molecular weight is 295 g/mol. The van der Waals surface area contributed by atoms with Crippen molar-refractivity contribution >= 4 is 15.9 Å². The van der Waals surface area contributed by atoms with Crippen molar-refractivity contribution in [2.75, 3.05) is 6.54 Å². The maximum Gasteiger partial charge on any atom is 0.138 e. The van der Waals surface area contributed by atoms with E-state index in [-0.39, 0.29) is 0 Å². The van der Waals surface area contributed by atoms with E-state index in [0.29, 0.717) is 0 Å². The van der Waals surface area contributed by atoms with Crippen molar-refractivity contribution in [3.05, 3.63) is 40.5 Å². The van der Waals surface area contributed by atoms with E-state index in [1.54, 1.807) is 6.33 Å².